The van der Waals surface area contributed by atoms with Crippen LogP contribution in [0.15, 0.2) is 0 Å². The fraction of sp³-hybridized carbons (Fsp3) is 0.973. The largest absolute Gasteiger partial charge is 0.459 e. The molecule has 14 nitrogen and oxygen atoms in total. The molecule has 3 aliphatic heterocycles. The number of hydrogen-bond acceptors (Lipinski definition) is 14. The van der Waals surface area contributed by atoms with Crippen molar-refractivity contribution in [2.45, 2.75) is 185 Å². The van der Waals surface area contributed by atoms with E-state index in [-0.39, 0.29) is 37.3 Å². The van der Waals surface area contributed by atoms with Crippen molar-refractivity contribution in [3.05, 3.63) is 0 Å². The Kier molecular flexibility index (Phi) is 15.3. The number of nitrogens with one attached hydrogen (secondary N) is 1. The molecule has 0 aromatic rings. The van der Waals surface area contributed by atoms with Crippen LogP contribution in [0.25, 0.3) is 0 Å². The molecule has 0 spiro atoms. The number of aliphatic hydroxyl groups excluding tert-OH is 3. The highest BCUT2D eigenvalue weighted by Gasteiger charge is 2.52. The number of likely N-dealkylation sites (N-methyl/N-ethyl adjacent to an activating group) is 1. The lowest BCUT2D eigenvalue weighted by atomic mass is 9.77. The molecule has 0 aromatic carbocycles. The van der Waals surface area contributed by atoms with Crippen molar-refractivity contribution in [2.75, 3.05) is 27.7 Å². The fourth-order valence-electron chi connectivity index (χ4n) is 8.36. The molecule has 3 rings (SSSR count). The Morgan fingerprint density at radius 2 is 1.57 bits per heavy atom. The molecular weight excluding hydrogens is 664 g/mol. The molecule has 0 bridgehead atoms. The maximum absolute atomic E-state index is 14.1. The van der Waals surface area contributed by atoms with E-state index in [0.29, 0.717) is 13.0 Å². The topological polar surface area (TPSA) is 189 Å². The average molecular weight is 735 g/mol. The molecule has 3 heterocycles. The molecule has 0 aliphatic carbocycles. The normalized spacial score (nSPS) is 49.9. The lowest BCUT2D eigenvalue weighted by molar-refractivity contribution is -0.318. The molecule has 3 fully saturated rings. The first-order valence-electron chi connectivity index (χ1n) is 18.8. The SMILES string of the molecule is CCC1OC(=O)[C@H](C)[C@@H](O[C@H]2C[C@@](C)(OC)[C@@H](O)[C@H](C)O2)[C@H](C)C(O[C@@H]2O[C@H](C)C[C@H](N(C)C)[C@H]2O)[C@](C)(O)C[C@@H](C)CN[C@H](C)[C@@H](O)[C@]1(C)O. The van der Waals surface area contributed by atoms with Gasteiger partial charge >= 0.3 is 5.97 Å². The maximum Gasteiger partial charge on any atom is 0.311 e. The van der Waals surface area contributed by atoms with Crippen LogP contribution < -0.4 is 5.32 Å². The van der Waals surface area contributed by atoms with Crippen molar-refractivity contribution in [3.63, 3.8) is 0 Å². The number of aliphatic hydroxyl groups is 5. The fourth-order valence-corrected chi connectivity index (χ4v) is 8.36. The van der Waals surface area contributed by atoms with Gasteiger partial charge in [-0.3, -0.25) is 4.79 Å². The minimum atomic E-state index is -1.80. The van der Waals surface area contributed by atoms with Crippen LogP contribution in [0.2, 0.25) is 0 Å². The number of nitrogens with zero attached hydrogens (tertiary/aromatic N) is 1. The summed E-state index contributed by atoms with van der Waals surface area (Å²) < 4.78 is 37.4. The number of ether oxygens (including phenoxy) is 6. The van der Waals surface area contributed by atoms with E-state index in [1.165, 1.54) is 14.0 Å². The molecule has 300 valence electrons. The zero-order valence-electron chi connectivity index (χ0n) is 33.2. The van der Waals surface area contributed by atoms with Crippen molar-refractivity contribution in [2.24, 2.45) is 17.8 Å². The molecule has 0 amide bonds. The highest BCUT2D eigenvalue weighted by atomic mass is 16.7. The predicted octanol–water partition coefficient (Wildman–Crippen LogP) is 1.56. The quantitative estimate of drug-likeness (QED) is 0.207. The van der Waals surface area contributed by atoms with Gasteiger partial charge in [-0.1, -0.05) is 20.8 Å². The zero-order chi connectivity index (χ0) is 38.8. The van der Waals surface area contributed by atoms with Gasteiger partial charge in [0.05, 0.1) is 41.5 Å². The molecule has 0 saturated carbocycles. The van der Waals surface area contributed by atoms with Gasteiger partial charge in [0.2, 0.25) is 0 Å². The number of rotatable bonds is 7. The van der Waals surface area contributed by atoms with Crippen molar-refractivity contribution >= 4 is 5.97 Å². The van der Waals surface area contributed by atoms with E-state index in [1.54, 1.807) is 41.5 Å². The smallest absolute Gasteiger partial charge is 0.311 e. The molecular formula is C37H70N2O12. The number of carbonyl (C=O) groups excluding carboxylic acids is 1. The summed E-state index contributed by atoms with van der Waals surface area (Å²) in [5.41, 5.74) is -4.37. The zero-order valence-corrected chi connectivity index (χ0v) is 33.2. The number of cyclic esters (lactones) is 1. The number of esters is 1. The van der Waals surface area contributed by atoms with Crippen LogP contribution in [0, 0.1) is 17.8 Å². The highest BCUT2D eigenvalue weighted by Crippen LogP contribution is 2.40. The summed E-state index contributed by atoms with van der Waals surface area (Å²) >= 11 is 0. The molecule has 51 heavy (non-hydrogen) atoms. The Labute approximate surface area is 305 Å². The number of carbonyl (C=O) groups is 1. The second kappa shape index (κ2) is 17.6. The molecule has 0 radical (unpaired) electrons. The predicted molar refractivity (Wildman–Crippen MR) is 190 cm³/mol. The second-order valence-electron chi connectivity index (χ2n) is 16.7. The van der Waals surface area contributed by atoms with E-state index < -0.39 is 96.0 Å². The van der Waals surface area contributed by atoms with Crippen LogP contribution >= 0.6 is 0 Å². The minimum absolute atomic E-state index is 0.132. The Morgan fingerprint density at radius 3 is 2.14 bits per heavy atom. The van der Waals surface area contributed by atoms with Crippen LogP contribution in [0.3, 0.4) is 0 Å². The third kappa shape index (κ3) is 10.2. The van der Waals surface area contributed by atoms with Crippen molar-refractivity contribution < 1.29 is 58.7 Å². The molecule has 2 unspecified atom stereocenters. The van der Waals surface area contributed by atoms with Gasteiger partial charge in [-0.25, -0.2) is 0 Å². The van der Waals surface area contributed by atoms with Gasteiger partial charge in [-0.15, -0.1) is 0 Å². The molecule has 3 aliphatic rings. The maximum atomic E-state index is 14.1. The van der Waals surface area contributed by atoms with Crippen LogP contribution in [0.1, 0.15) is 94.9 Å². The van der Waals surface area contributed by atoms with Gasteiger partial charge in [0.1, 0.15) is 30.0 Å². The van der Waals surface area contributed by atoms with Crippen LogP contribution in [0.4, 0.5) is 0 Å². The van der Waals surface area contributed by atoms with E-state index in [4.69, 9.17) is 28.4 Å². The van der Waals surface area contributed by atoms with Gasteiger partial charge in [0, 0.05) is 31.5 Å². The Hall–Kier alpha value is -1.01. The van der Waals surface area contributed by atoms with Crippen molar-refractivity contribution in [3.8, 4) is 0 Å². The van der Waals surface area contributed by atoms with Crippen LogP contribution in [-0.4, -0.2) is 154 Å². The third-order valence-corrected chi connectivity index (χ3v) is 11.7. The Balaban J connectivity index is 2.15. The Morgan fingerprint density at radius 1 is 0.941 bits per heavy atom. The van der Waals surface area contributed by atoms with Crippen molar-refractivity contribution in [1.82, 2.24) is 10.2 Å². The molecule has 18 atom stereocenters. The molecule has 14 heteroatoms. The van der Waals surface area contributed by atoms with Crippen molar-refractivity contribution in [1.29, 1.82) is 0 Å². The van der Waals surface area contributed by atoms with E-state index in [1.807, 2.05) is 39.8 Å². The summed E-state index contributed by atoms with van der Waals surface area (Å²) in [5, 5.41) is 60.9. The lowest BCUT2D eigenvalue weighted by Gasteiger charge is -2.48. The second-order valence-corrected chi connectivity index (χ2v) is 16.7. The monoisotopic (exact) mass is 734 g/mol. The Bertz CT molecular complexity index is 1110. The summed E-state index contributed by atoms with van der Waals surface area (Å²) in [6, 6.07) is -0.858. The average Bonchev–Trinajstić information content (AvgIpc) is 3.05. The van der Waals surface area contributed by atoms with E-state index in [2.05, 4.69) is 5.32 Å². The van der Waals surface area contributed by atoms with Gasteiger partial charge in [-0.2, -0.15) is 0 Å². The van der Waals surface area contributed by atoms with Gasteiger partial charge in [-0.05, 0) is 94.3 Å². The van der Waals surface area contributed by atoms with Crippen LogP contribution in [0.5, 0.6) is 0 Å². The molecule has 0 aromatic heterocycles. The van der Waals surface area contributed by atoms with Gasteiger partial charge in [0.25, 0.3) is 0 Å². The van der Waals surface area contributed by atoms with Gasteiger partial charge < -0.3 is 64.2 Å². The summed E-state index contributed by atoms with van der Waals surface area (Å²) in [6.07, 6.45) is -8.22. The van der Waals surface area contributed by atoms with E-state index in [0.717, 1.165) is 0 Å². The van der Waals surface area contributed by atoms with E-state index >= 15 is 0 Å². The minimum Gasteiger partial charge on any atom is -0.459 e. The highest BCUT2D eigenvalue weighted by molar-refractivity contribution is 5.73. The summed E-state index contributed by atoms with van der Waals surface area (Å²) in [4.78, 5) is 16.1. The third-order valence-electron chi connectivity index (χ3n) is 11.7. The number of methoxy groups -OCH3 is 1. The first-order chi connectivity index (χ1) is 23.5. The van der Waals surface area contributed by atoms with E-state index in [9.17, 15) is 30.3 Å². The van der Waals surface area contributed by atoms with Gasteiger partial charge in [0.15, 0.2) is 12.6 Å². The summed E-state index contributed by atoms with van der Waals surface area (Å²) in [5.74, 6) is -2.60. The summed E-state index contributed by atoms with van der Waals surface area (Å²) in [6.45, 7) is 17.8. The lowest BCUT2D eigenvalue weighted by Crippen LogP contribution is -2.60. The van der Waals surface area contributed by atoms with Crippen LogP contribution in [-0.2, 0) is 33.2 Å². The number of hydrogen-bond donors (Lipinski definition) is 6. The molecule has 6 N–H and O–H groups in total. The first kappa shape index (κ1) is 44.4. The summed E-state index contributed by atoms with van der Waals surface area (Å²) in [7, 11) is 5.27. The standard InChI is InChI=1S/C37H70N2O12/c1-14-26-37(10,45)30(41)23(6)38-18-19(2)16-35(8,44)32(51-34-28(40)25(39(11)12)15-20(3)47-34)21(4)29(22(5)33(43)49-26)50-27-17-36(9,46-13)31(42)24(7)48-27/h19-32,34,38,40-42,44-45H,14-18H2,1-13H3/t19-,20-,21+,22-,23-,24+,25+,26?,27+,28-,29+,30-,31+,32?,34+,35-,36-,37-/m1/s1. The first-order valence-corrected chi connectivity index (χ1v) is 18.8. The molecule has 3 saturated heterocycles.